The molecule has 1 aromatic rings. The summed E-state index contributed by atoms with van der Waals surface area (Å²) in [5.41, 5.74) is 0.886. The van der Waals surface area contributed by atoms with Crippen molar-refractivity contribution < 1.29 is 9.53 Å². The van der Waals surface area contributed by atoms with Crippen LogP contribution in [0, 0.1) is 12.8 Å². The van der Waals surface area contributed by atoms with Gasteiger partial charge in [-0.2, -0.15) is 0 Å². The molecule has 2 aliphatic rings. The van der Waals surface area contributed by atoms with Gasteiger partial charge in [0.1, 0.15) is 9.88 Å². The second-order valence-corrected chi connectivity index (χ2v) is 7.47. The van der Waals surface area contributed by atoms with Crippen molar-refractivity contribution in [3.8, 4) is 0 Å². The highest BCUT2D eigenvalue weighted by Crippen LogP contribution is 2.24. The van der Waals surface area contributed by atoms with Crippen LogP contribution in [0.4, 0.5) is 0 Å². The maximum absolute atomic E-state index is 12.7. The number of nitrogens with zero attached hydrogens (tertiary/aromatic N) is 3. The number of morpholine rings is 1. The average Bonchev–Trinajstić information content (AvgIpc) is 2.89. The third-order valence-electron chi connectivity index (χ3n) is 4.57. The van der Waals surface area contributed by atoms with Crippen LogP contribution in [0.15, 0.2) is 0 Å². The van der Waals surface area contributed by atoms with Gasteiger partial charge in [-0.1, -0.05) is 6.92 Å². The fourth-order valence-corrected chi connectivity index (χ4v) is 4.10. The molecule has 2 saturated heterocycles. The van der Waals surface area contributed by atoms with E-state index in [9.17, 15) is 4.79 Å². The first-order valence-electron chi connectivity index (χ1n) is 8.19. The van der Waals surface area contributed by atoms with Gasteiger partial charge in [-0.15, -0.1) is 11.3 Å². The van der Waals surface area contributed by atoms with Crippen LogP contribution in [0.2, 0.25) is 0 Å². The lowest BCUT2D eigenvalue weighted by atomic mass is 9.99. The summed E-state index contributed by atoms with van der Waals surface area (Å²) < 4.78 is 5.37. The molecule has 1 amide bonds. The van der Waals surface area contributed by atoms with Gasteiger partial charge in [0.05, 0.1) is 25.5 Å². The molecule has 0 bridgehead atoms. The van der Waals surface area contributed by atoms with Crippen LogP contribution in [0.3, 0.4) is 0 Å². The highest BCUT2D eigenvalue weighted by molar-refractivity contribution is 7.13. The van der Waals surface area contributed by atoms with Crippen molar-refractivity contribution in [1.82, 2.24) is 14.8 Å². The van der Waals surface area contributed by atoms with Crippen molar-refractivity contribution in [1.29, 1.82) is 0 Å². The third kappa shape index (κ3) is 3.67. The minimum Gasteiger partial charge on any atom is -0.379 e. The van der Waals surface area contributed by atoms with E-state index in [4.69, 9.17) is 4.74 Å². The first kappa shape index (κ1) is 15.9. The Hall–Kier alpha value is -0.980. The molecule has 5 nitrogen and oxygen atoms in total. The van der Waals surface area contributed by atoms with Crippen LogP contribution in [-0.2, 0) is 11.3 Å². The molecule has 22 heavy (non-hydrogen) atoms. The Morgan fingerprint density at radius 2 is 1.95 bits per heavy atom. The van der Waals surface area contributed by atoms with Gasteiger partial charge >= 0.3 is 0 Å². The summed E-state index contributed by atoms with van der Waals surface area (Å²) in [6, 6.07) is 0. The molecule has 0 saturated carbocycles. The lowest BCUT2D eigenvalue weighted by Crippen LogP contribution is -2.37. The van der Waals surface area contributed by atoms with Gasteiger partial charge in [0.15, 0.2) is 0 Å². The molecular weight excluding hydrogens is 298 g/mol. The summed E-state index contributed by atoms with van der Waals surface area (Å²) in [5.74, 6) is 0.915. The Labute approximate surface area is 136 Å². The Morgan fingerprint density at radius 1 is 1.27 bits per heavy atom. The highest BCUT2D eigenvalue weighted by Gasteiger charge is 2.25. The van der Waals surface area contributed by atoms with Gasteiger partial charge in [-0.25, -0.2) is 4.98 Å². The van der Waals surface area contributed by atoms with Gasteiger partial charge < -0.3 is 9.64 Å². The van der Waals surface area contributed by atoms with E-state index in [1.54, 1.807) is 11.3 Å². The van der Waals surface area contributed by atoms with E-state index >= 15 is 0 Å². The number of thiazole rings is 1. The summed E-state index contributed by atoms with van der Waals surface area (Å²) in [6.45, 7) is 10.3. The number of piperidine rings is 1. The summed E-state index contributed by atoms with van der Waals surface area (Å²) in [5, 5.41) is 1.05. The average molecular weight is 323 g/mol. The monoisotopic (exact) mass is 323 g/mol. The quantitative estimate of drug-likeness (QED) is 0.855. The number of hydrogen-bond donors (Lipinski definition) is 0. The van der Waals surface area contributed by atoms with Crippen LogP contribution >= 0.6 is 11.3 Å². The van der Waals surface area contributed by atoms with Gasteiger partial charge in [-0.3, -0.25) is 9.69 Å². The molecule has 0 radical (unpaired) electrons. The fourth-order valence-electron chi connectivity index (χ4n) is 3.02. The third-order valence-corrected chi connectivity index (χ3v) is 5.70. The van der Waals surface area contributed by atoms with E-state index < -0.39 is 0 Å². The van der Waals surface area contributed by atoms with Crippen molar-refractivity contribution in [2.45, 2.75) is 33.2 Å². The van der Waals surface area contributed by atoms with Gasteiger partial charge in [0, 0.05) is 26.2 Å². The Morgan fingerprint density at radius 3 is 2.64 bits per heavy atom. The zero-order chi connectivity index (χ0) is 15.5. The van der Waals surface area contributed by atoms with Gasteiger partial charge in [0.2, 0.25) is 0 Å². The van der Waals surface area contributed by atoms with Crippen molar-refractivity contribution in [2.75, 3.05) is 39.4 Å². The molecule has 3 heterocycles. The summed E-state index contributed by atoms with van der Waals surface area (Å²) in [6.07, 6.45) is 2.23. The fraction of sp³-hybridized carbons (Fsp3) is 0.750. The molecule has 0 spiro atoms. The molecule has 0 unspecified atom stereocenters. The number of likely N-dealkylation sites (tertiary alicyclic amines) is 1. The molecule has 3 rings (SSSR count). The zero-order valence-electron chi connectivity index (χ0n) is 13.5. The Bertz CT molecular complexity index is 517. The molecule has 1 aromatic heterocycles. The van der Waals surface area contributed by atoms with Crippen LogP contribution in [-0.4, -0.2) is 60.1 Å². The van der Waals surface area contributed by atoms with Crippen LogP contribution in [0.25, 0.3) is 0 Å². The van der Waals surface area contributed by atoms with E-state index in [1.165, 1.54) is 0 Å². The van der Waals surface area contributed by atoms with E-state index in [1.807, 2.05) is 11.8 Å². The first-order valence-corrected chi connectivity index (χ1v) is 9.01. The number of aryl methyl sites for hydroxylation is 1. The normalized spacial score (nSPS) is 21.3. The summed E-state index contributed by atoms with van der Waals surface area (Å²) >= 11 is 1.57. The topological polar surface area (TPSA) is 45.7 Å². The second kappa shape index (κ2) is 7.06. The molecule has 0 aromatic carbocycles. The number of aromatic nitrogens is 1. The SMILES string of the molecule is Cc1nc(CN2CCOCC2)sc1C(=O)N1CCC(C)CC1. The number of rotatable bonds is 3. The van der Waals surface area contributed by atoms with E-state index in [0.29, 0.717) is 0 Å². The Kier molecular flexibility index (Phi) is 5.10. The van der Waals surface area contributed by atoms with Crippen LogP contribution in [0.1, 0.15) is 40.1 Å². The lowest BCUT2D eigenvalue weighted by molar-refractivity contribution is 0.0341. The second-order valence-electron chi connectivity index (χ2n) is 6.39. The predicted octanol–water partition coefficient (Wildman–Crippen LogP) is 2.16. The maximum Gasteiger partial charge on any atom is 0.265 e. The lowest BCUT2D eigenvalue weighted by Gasteiger charge is -2.30. The van der Waals surface area contributed by atoms with Crippen molar-refractivity contribution >= 4 is 17.2 Å². The molecule has 0 atom stereocenters. The summed E-state index contributed by atoms with van der Waals surface area (Å²) in [7, 11) is 0. The number of hydrogen-bond acceptors (Lipinski definition) is 5. The standard InChI is InChI=1S/C16H25N3O2S/c1-12-3-5-19(6-4-12)16(20)15-13(2)17-14(22-15)11-18-7-9-21-10-8-18/h12H,3-11H2,1-2H3. The number of ether oxygens (including phenoxy) is 1. The molecular formula is C16H25N3O2S. The largest absolute Gasteiger partial charge is 0.379 e. The van der Waals surface area contributed by atoms with Crippen molar-refractivity contribution in [3.63, 3.8) is 0 Å². The van der Waals surface area contributed by atoms with E-state index in [2.05, 4.69) is 16.8 Å². The number of amides is 1. The smallest absolute Gasteiger partial charge is 0.265 e. The van der Waals surface area contributed by atoms with E-state index in [-0.39, 0.29) is 5.91 Å². The van der Waals surface area contributed by atoms with Crippen molar-refractivity contribution in [2.24, 2.45) is 5.92 Å². The minimum atomic E-state index is 0.176. The Balaban J connectivity index is 1.65. The highest BCUT2D eigenvalue weighted by atomic mass is 32.1. The molecule has 2 fully saturated rings. The summed E-state index contributed by atoms with van der Waals surface area (Å²) in [4.78, 5) is 22.5. The van der Waals surface area contributed by atoms with E-state index in [0.717, 1.165) is 80.3 Å². The van der Waals surface area contributed by atoms with Crippen LogP contribution in [0.5, 0.6) is 0 Å². The van der Waals surface area contributed by atoms with Crippen molar-refractivity contribution in [3.05, 3.63) is 15.6 Å². The first-order chi connectivity index (χ1) is 10.6. The zero-order valence-corrected chi connectivity index (χ0v) is 14.3. The number of carbonyl (C=O) groups is 1. The maximum atomic E-state index is 12.7. The molecule has 6 heteroatoms. The number of carbonyl (C=O) groups excluding carboxylic acids is 1. The molecule has 122 valence electrons. The van der Waals surface area contributed by atoms with Crippen LogP contribution < -0.4 is 0 Å². The molecule has 0 aliphatic carbocycles. The van der Waals surface area contributed by atoms with Gasteiger partial charge in [0.25, 0.3) is 5.91 Å². The molecule has 0 N–H and O–H groups in total. The van der Waals surface area contributed by atoms with Gasteiger partial charge in [-0.05, 0) is 25.7 Å². The molecule has 2 aliphatic heterocycles. The minimum absolute atomic E-state index is 0.176. The predicted molar refractivity (Wildman–Crippen MR) is 87.2 cm³/mol.